The summed E-state index contributed by atoms with van der Waals surface area (Å²) in [5.41, 5.74) is 3.57. The van der Waals surface area contributed by atoms with Gasteiger partial charge in [-0.25, -0.2) is 4.79 Å². The second-order valence-corrected chi connectivity index (χ2v) is 6.96. The van der Waals surface area contributed by atoms with E-state index in [1.807, 2.05) is 39.0 Å². The molecule has 3 rings (SSSR count). The number of aliphatic hydroxyl groups is 1. The summed E-state index contributed by atoms with van der Waals surface area (Å²) in [6, 6.07) is 1.94. The lowest BCUT2D eigenvalue weighted by Gasteiger charge is -2.22. The van der Waals surface area contributed by atoms with Crippen LogP contribution in [0.3, 0.4) is 0 Å². The molecule has 0 unspecified atom stereocenters. The van der Waals surface area contributed by atoms with Gasteiger partial charge in [0.05, 0.1) is 0 Å². The number of fused-ring (bicyclic) bond motifs is 3. The highest BCUT2D eigenvalue weighted by Gasteiger charge is 2.30. The minimum atomic E-state index is -0.764. The molecule has 1 N–H and O–H groups in total. The van der Waals surface area contributed by atoms with Crippen molar-refractivity contribution in [3.05, 3.63) is 52.5 Å². The van der Waals surface area contributed by atoms with Gasteiger partial charge < -0.3 is 14.3 Å². The van der Waals surface area contributed by atoms with Gasteiger partial charge in [-0.2, -0.15) is 0 Å². The maximum absolute atomic E-state index is 12.0. The van der Waals surface area contributed by atoms with Crippen LogP contribution in [0, 0.1) is 12.8 Å². The van der Waals surface area contributed by atoms with E-state index in [-0.39, 0.29) is 18.0 Å². The molecular formula is C20H24O4. The first-order valence-electron chi connectivity index (χ1n) is 8.37. The van der Waals surface area contributed by atoms with Crippen LogP contribution in [0.25, 0.3) is 6.08 Å². The molecule has 24 heavy (non-hydrogen) atoms. The lowest BCUT2D eigenvalue weighted by atomic mass is 9.87. The minimum absolute atomic E-state index is 0.165. The van der Waals surface area contributed by atoms with Gasteiger partial charge in [0, 0.05) is 17.9 Å². The van der Waals surface area contributed by atoms with Crippen molar-refractivity contribution in [2.24, 2.45) is 5.92 Å². The van der Waals surface area contributed by atoms with E-state index in [0.717, 1.165) is 16.7 Å². The van der Waals surface area contributed by atoms with E-state index in [0.29, 0.717) is 36.4 Å². The molecule has 2 aliphatic heterocycles. The highest BCUT2D eigenvalue weighted by molar-refractivity contribution is 5.90. The van der Waals surface area contributed by atoms with Crippen molar-refractivity contribution in [1.82, 2.24) is 0 Å². The number of furan rings is 1. The maximum Gasteiger partial charge on any atom is 0.334 e. The van der Waals surface area contributed by atoms with E-state index in [1.165, 1.54) is 0 Å². The van der Waals surface area contributed by atoms with Crippen LogP contribution < -0.4 is 0 Å². The number of carbonyl (C=O) groups excluding carboxylic acids is 1. The molecule has 3 heterocycles. The third kappa shape index (κ3) is 3.24. The summed E-state index contributed by atoms with van der Waals surface area (Å²) >= 11 is 0. The van der Waals surface area contributed by atoms with E-state index in [4.69, 9.17) is 9.15 Å². The average Bonchev–Trinajstić information content (AvgIpc) is 3.01. The first-order valence-corrected chi connectivity index (χ1v) is 8.37. The largest absolute Gasteiger partial charge is 0.459 e. The predicted octanol–water partition coefficient (Wildman–Crippen LogP) is 4.25. The third-order valence-electron chi connectivity index (χ3n) is 4.80. The predicted molar refractivity (Wildman–Crippen MR) is 92.2 cm³/mol. The first kappa shape index (κ1) is 16.8. The standard InChI is InChI=1S/C20H24O4/c1-11(2)17-6-5-14-10-16(24-20(14)22)8-12(3)7-15-9-13(4)19(23-15)18(17)21/h7,9-10,16-18,21H,1,5-6,8H2,2-4H3/b12-7-/t16-,17+,18-/m0/s1. The van der Waals surface area contributed by atoms with Crippen molar-refractivity contribution in [1.29, 1.82) is 0 Å². The van der Waals surface area contributed by atoms with E-state index in [1.54, 1.807) is 0 Å². The molecule has 4 bridgehead atoms. The van der Waals surface area contributed by atoms with E-state index in [2.05, 4.69) is 6.58 Å². The fourth-order valence-corrected chi connectivity index (χ4v) is 3.50. The Bertz CT molecular complexity index is 735. The van der Waals surface area contributed by atoms with Gasteiger partial charge in [-0.05, 0) is 57.4 Å². The summed E-state index contributed by atoms with van der Waals surface area (Å²) in [5, 5.41) is 10.8. The molecule has 0 amide bonds. The van der Waals surface area contributed by atoms with Crippen molar-refractivity contribution < 1.29 is 19.1 Å². The summed E-state index contributed by atoms with van der Waals surface area (Å²) in [6.07, 6.45) is 4.73. The van der Waals surface area contributed by atoms with Crippen molar-refractivity contribution >= 4 is 12.0 Å². The average molecular weight is 328 g/mol. The fourth-order valence-electron chi connectivity index (χ4n) is 3.50. The van der Waals surface area contributed by atoms with Crippen LogP contribution in [0.2, 0.25) is 0 Å². The highest BCUT2D eigenvalue weighted by Crippen LogP contribution is 2.36. The molecule has 0 spiro atoms. The Morgan fingerprint density at radius 1 is 1.38 bits per heavy atom. The first-order chi connectivity index (χ1) is 11.3. The SMILES string of the molecule is C=C(C)[C@H]1CCC2=C[C@H](C/C(C)=C\c3cc(C)c(o3)[C@H]1O)OC2=O. The topological polar surface area (TPSA) is 59.7 Å². The van der Waals surface area contributed by atoms with E-state index >= 15 is 0 Å². The summed E-state index contributed by atoms with van der Waals surface area (Å²) in [7, 11) is 0. The van der Waals surface area contributed by atoms with Crippen LogP contribution >= 0.6 is 0 Å². The fraction of sp³-hybridized carbons (Fsp3) is 0.450. The molecule has 4 heteroatoms. The lowest BCUT2D eigenvalue weighted by molar-refractivity contribution is -0.139. The number of hydrogen-bond donors (Lipinski definition) is 1. The number of hydrogen-bond acceptors (Lipinski definition) is 4. The number of rotatable bonds is 1. The molecule has 1 aromatic rings. The molecular weight excluding hydrogens is 304 g/mol. The second-order valence-electron chi connectivity index (χ2n) is 6.96. The van der Waals surface area contributed by atoms with Crippen LogP contribution in [-0.2, 0) is 9.53 Å². The van der Waals surface area contributed by atoms with Gasteiger partial charge >= 0.3 is 5.97 Å². The normalized spacial score (nSPS) is 29.5. The van der Waals surface area contributed by atoms with Crippen molar-refractivity contribution in [3.8, 4) is 0 Å². The highest BCUT2D eigenvalue weighted by atomic mass is 16.5. The molecule has 128 valence electrons. The van der Waals surface area contributed by atoms with Crippen LogP contribution in [0.5, 0.6) is 0 Å². The van der Waals surface area contributed by atoms with Crippen LogP contribution in [0.4, 0.5) is 0 Å². The molecule has 0 saturated heterocycles. The molecule has 3 atom stereocenters. The van der Waals surface area contributed by atoms with Gasteiger partial charge in [-0.3, -0.25) is 0 Å². The number of carbonyl (C=O) groups is 1. The lowest BCUT2D eigenvalue weighted by Crippen LogP contribution is -2.15. The zero-order valence-electron chi connectivity index (χ0n) is 14.5. The van der Waals surface area contributed by atoms with Gasteiger partial charge in [0.25, 0.3) is 0 Å². The minimum Gasteiger partial charge on any atom is -0.459 e. The van der Waals surface area contributed by atoms with Gasteiger partial charge in [-0.1, -0.05) is 17.7 Å². The van der Waals surface area contributed by atoms with Crippen LogP contribution in [0.1, 0.15) is 56.3 Å². The van der Waals surface area contributed by atoms with Crippen molar-refractivity contribution in [2.75, 3.05) is 0 Å². The van der Waals surface area contributed by atoms with Crippen LogP contribution in [-0.4, -0.2) is 17.2 Å². The quantitative estimate of drug-likeness (QED) is 0.618. The Labute approximate surface area is 142 Å². The molecule has 0 aliphatic carbocycles. The van der Waals surface area contributed by atoms with Crippen LogP contribution in [0.15, 0.2) is 39.9 Å². The monoisotopic (exact) mass is 328 g/mol. The Morgan fingerprint density at radius 2 is 2.12 bits per heavy atom. The molecule has 0 radical (unpaired) electrons. The Morgan fingerprint density at radius 3 is 2.83 bits per heavy atom. The summed E-state index contributed by atoms with van der Waals surface area (Å²) in [6.45, 7) is 9.84. The number of aliphatic hydroxyl groups excluding tert-OH is 1. The Balaban J connectivity index is 2.02. The van der Waals surface area contributed by atoms with Gasteiger partial charge in [0.15, 0.2) is 0 Å². The Kier molecular flexibility index (Phi) is 4.50. The van der Waals surface area contributed by atoms with E-state index in [9.17, 15) is 9.90 Å². The molecule has 0 aromatic carbocycles. The third-order valence-corrected chi connectivity index (χ3v) is 4.80. The summed E-state index contributed by atoms with van der Waals surface area (Å²) < 4.78 is 11.3. The Hall–Kier alpha value is -2.07. The summed E-state index contributed by atoms with van der Waals surface area (Å²) in [5.74, 6) is 0.894. The second kappa shape index (κ2) is 6.44. The zero-order valence-corrected chi connectivity index (χ0v) is 14.5. The van der Waals surface area contributed by atoms with Gasteiger partial charge in [-0.15, -0.1) is 0 Å². The van der Waals surface area contributed by atoms with E-state index < -0.39 is 6.10 Å². The number of ether oxygens (including phenoxy) is 1. The molecule has 1 aromatic heterocycles. The van der Waals surface area contributed by atoms with Crippen molar-refractivity contribution in [2.45, 2.75) is 52.2 Å². The molecule has 2 aliphatic rings. The van der Waals surface area contributed by atoms with Gasteiger partial charge in [0.2, 0.25) is 0 Å². The van der Waals surface area contributed by atoms with Crippen molar-refractivity contribution in [3.63, 3.8) is 0 Å². The zero-order chi connectivity index (χ0) is 17.4. The van der Waals surface area contributed by atoms with Gasteiger partial charge in [0.1, 0.15) is 23.7 Å². The maximum atomic E-state index is 12.0. The number of aryl methyl sites for hydroxylation is 1. The molecule has 0 fully saturated rings. The molecule has 0 saturated carbocycles. The summed E-state index contributed by atoms with van der Waals surface area (Å²) in [4.78, 5) is 12.0. The molecule has 4 nitrogen and oxygen atoms in total. The smallest absolute Gasteiger partial charge is 0.334 e. The number of esters is 1.